The molecule has 0 saturated carbocycles. The number of rotatable bonds is 7. The van der Waals surface area contributed by atoms with Crippen molar-refractivity contribution in [2.75, 3.05) is 38.8 Å². The molecular weight excluding hydrogens is 326 g/mol. The largest absolute Gasteiger partial charge is 0.497 e. The molecule has 5 heteroatoms. The summed E-state index contributed by atoms with van der Waals surface area (Å²) < 4.78 is 11.3. The molecule has 3 rings (SSSR count). The molecule has 2 aromatic rings. The number of anilines is 1. The van der Waals surface area contributed by atoms with Gasteiger partial charge >= 0.3 is 0 Å². The lowest BCUT2D eigenvalue weighted by atomic mass is 9.99. The second kappa shape index (κ2) is 8.43. The first kappa shape index (κ1) is 18.5. The third-order valence-corrected chi connectivity index (χ3v) is 4.86. The molecule has 0 amide bonds. The minimum absolute atomic E-state index is 0.707. The normalized spacial score (nSPS) is 13.5. The molecule has 0 bridgehead atoms. The molecule has 2 aromatic carbocycles. The summed E-state index contributed by atoms with van der Waals surface area (Å²) in [5, 5.41) is 1.73. The van der Waals surface area contributed by atoms with Crippen LogP contribution in [0.3, 0.4) is 0 Å². The Kier molecular flexibility index (Phi) is 6.01. The Morgan fingerprint density at radius 1 is 1.23 bits per heavy atom. The molecule has 0 radical (unpaired) electrons. The summed E-state index contributed by atoms with van der Waals surface area (Å²) in [7, 11) is 3.60. The van der Waals surface area contributed by atoms with Gasteiger partial charge in [-0.3, -0.25) is 5.84 Å². The van der Waals surface area contributed by atoms with Crippen LogP contribution in [0.5, 0.6) is 11.5 Å². The zero-order valence-electron chi connectivity index (χ0n) is 16.0. The third-order valence-electron chi connectivity index (χ3n) is 4.86. The first-order valence-corrected chi connectivity index (χ1v) is 9.23. The molecule has 1 aliphatic heterocycles. The second-order valence-electron chi connectivity index (χ2n) is 6.79. The van der Waals surface area contributed by atoms with Crippen molar-refractivity contribution in [3.63, 3.8) is 0 Å². The number of hydrazine groups is 1. The van der Waals surface area contributed by atoms with Gasteiger partial charge in [-0.15, -0.1) is 0 Å². The molecule has 0 aliphatic carbocycles. The highest BCUT2D eigenvalue weighted by Gasteiger charge is 2.20. The van der Waals surface area contributed by atoms with E-state index in [2.05, 4.69) is 36.1 Å². The van der Waals surface area contributed by atoms with Crippen LogP contribution in [-0.2, 0) is 19.4 Å². The first-order valence-electron chi connectivity index (χ1n) is 9.23. The third kappa shape index (κ3) is 4.29. The monoisotopic (exact) mass is 355 g/mol. The highest BCUT2D eigenvalue weighted by atomic mass is 16.5. The van der Waals surface area contributed by atoms with E-state index in [9.17, 15) is 0 Å². The van der Waals surface area contributed by atoms with Gasteiger partial charge in [-0.05, 0) is 53.8 Å². The fourth-order valence-corrected chi connectivity index (χ4v) is 3.42. The van der Waals surface area contributed by atoms with Crippen molar-refractivity contribution in [2.24, 2.45) is 5.84 Å². The van der Waals surface area contributed by atoms with Crippen molar-refractivity contribution in [2.45, 2.75) is 26.3 Å². The van der Waals surface area contributed by atoms with Crippen LogP contribution in [0, 0.1) is 0 Å². The highest BCUT2D eigenvalue weighted by molar-refractivity contribution is 5.63. The van der Waals surface area contributed by atoms with Gasteiger partial charge in [0, 0.05) is 20.1 Å². The van der Waals surface area contributed by atoms with Gasteiger partial charge in [0.05, 0.1) is 19.3 Å². The number of aryl methyl sites for hydroxylation is 1. The summed E-state index contributed by atoms with van der Waals surface area (Å²) in [5.74, 6) is 7.66. The molecule has 0 spiro atoms. The number of nitrogens with zero attached hydrogens (tertiary/aromatic N) is 2. The number of methoxy groups -OCH3 is 1. The van der Waals surface area contributed by atoms with Crippen molar-refractivity contribution in [3.8, 4) is 11.5 Å². The molecule has 0 saturated heterocycles. The van der Waals surface area contributed by atoms with E-state index < -0.39 is 0 Å². The van der Waals surface area contributed by atoms with Gasteiger partial charge in [-0.1, -0.05) is 19.1 Å². The number of likely N-dealkylation sites (N-methyl/N-ethyl adjacent to an activating group) is 1. The average molecular weight is 355 g/mol. The van der Waals surface area contributed by atoms with Crippen LogP contribution < -0.4 is 20.2 Å². The Balaban J connectivity index is 1.86. The van der Waals surface area contributed by atoms with E-state index in [-0.39, 0.29) is 0 Å². The fraction of sp³-hybridized carbons (Fsp3) is 0.429. The van der Waals surface area contributed by atoms with Gasteiger partial charge in [-0.2, -0.15) is 0 Å². The van der Waals surface area contributed by atoms with Crippen molar-refractivity contribution in [1.29, 1.82) is 0 Å². The quantitative estimate of drug-likeness (QED) is 0.611. The van der Waals surface area contributed by atoms with E-state index in [1.54, 1.807) is 12.1 Å². The molecule has 0 atom stereocenters. The van der Waals surface area contributed by atoms with Crippen LogP contribution in [0.15, 0.2) is 36.4 Å². The Labute approximate surface area is 156 Å². The minimum atomic E-state index is 0.707. The number of nitrogens with two attached hydrogens (primary N) is 1. The van der Waals surface area contributed by atoms with Crippen LogP contribution in [0.1, 0.15) is 23.6 Å². The number of fused-ring (bicyclic) bond motifs is 1. The molecule has 140 valence electrons. The highest BCUT2D eigenvalue weighted by Crippen LogP contribution is 2.36. The molecule has 5 nitrogen and oxygen atoms in total. The van der Waals surface area contributed by atoms with Crippen molar-refractivity contribution < 1.29 is 9.47 Å². The number of ether oxygens (including phenoxy) is 2. The smallest absolute Gasteiger partial charge is 0.142 e. The summed E-state index contributed by atoms with van der Waals surface area (Å²) in [5.41, 5.74) is 5.11. The zero-order chi connectivity index (χ0) is 18.5. The Bertz CT molecular complexity index is 746. The van der Waals surface area contributed by atoms with Gasteiger partial charge in [0.1, 0.15) is 18.1 Å². The van der Waals surface area contributed by atoms with Crippen LogP contribution in [-0.4, -0.2) is 38.9 Å². The molecule has 0 unspecified atom stereocenters. The summed E-state index contributed by atoms with van der Waals surface area (Å²) in [6.07, 6.45) is 1.94. The molecule has 1 heterocycles. The van der Waals surface area contributed by atoms with Crippen molar-refractivity contribution >= 4 is 5.69 Å². The van der Waals surface area contributed by atoms with Gasteiger partial charge in [0.25, 0.3) is 0 Å². The van der Waals surface area contributed by atoms with Crippen LogP contribution in [0.4, 0.5) is 5.69 Å². The lowest BCUT2D eigenvalue weighted by Crippen LogP contribution is -2.32. The summed E-state index contributed by atoms with van der Waals surface area (Å²) >= 11 is 0. The minimum Gasteiger partial charge on any atom is -0.497 e. The molecule has 2 N–H and O–H groups in total. The average Bonchev–Trinajstić information content (AvgIpc) is 2.66. The van der Waals surface area contributed by atoms with Crippen LogP contribution in [0.25, 0.3) is 0 Å². The maximum atomic E-state index is 5.97. The van der Waals surface area contributed by atoms with Crippen LogP contribution in [0.2, 0.25) is 0 Å². The van der Waals surface area contributed by atoms with Crippen molar-refractivity contribution in [1.82, 2.24) is 5.01 Å². The van der Waals surface area contributed by atoms with Gasteiger partial charge in [0.15, 0.2) is 0 Å². The maximum absolute atomic E-state index is 5.97. The molecular formula is C21H29N3O2. The maximum Gasteiger partial charge on any atom is 0.142 e. The van der Waals surface area contributed by atoms with Gasteiger partial charge in [-0.25, -0.2) is 5.01 Å². The fourth-order valence-electron chi connectivity index (χ4n) is 3.42. The van der Waals surface area contributed by atoms with E-state index in [4.69, 9.17) is 15.3 Å². The second-order valence-corrected chi connectivity index (χ2v) is 6.79. The van der Waals surface area contributed by atoms with E-state index in [1.165, 1.54) is 22.4 Å². The number of hydrogen-bond donors (Lipinski definition) is 1. The molecule has 1 aliphatic rings. The summed E-state index contributed by atoms with van der Waals surface area (Å²) in [6, 6.07) is 12.8. The van der Waals surface area contributed by atoms with E-state index in [0.29, 0.717) is 6.61 Å². The lowest BCUT2D eigenvalue weighted by Gasteiger charge is -2.32. The summed E-state index contributed by atoms with van der Waals surface area (Å²) in [6.45, 7) is 5.48. The van der Waals surface area contributed by atoms with E-state index in [0.717, 1.165) is 44.0 Å². The molecule has 0 fully saturated rings. The van der Waals surface area contributed by atoms with Gasteiger partial charge < -0.3 is 14.4 Å². The number of hydrogen-bond acceptors (Lipinski definition) is 5. The molecule has 0 aromatic heterocycles. The topological polar surface area (TPSA) is 51.0 Å². The zero-order valence-corrected chi connectivity index (χ0v) is 16.0. The standard InChI is InChI=1S/C21H29N3O2/c1-4-17-13-20-21(14-18(17)8-9-23(2)22)26-11-10-24(20)15-16-6-5-7-19(12-16)25-3/h5-7,12-14H,4,8-11,15,22H2,1-3H3. The predicted octanol–water partition coefficient (Wildman–Crippen LogP) is 3.00. The van der Waals surface area contributed by atoms with Crippen molar-refractivity contribution in [3.05, 3.63) is 53.1 Å². The Morgan fingerprint density at radius 2 is 2.08 bits per heavy atom. The lowest BCUT2D eigenvalue weighted by molar-refractivity contribution is 0.306. The first-order chi connectivity index (χ1) is 12.6. The Morgan fingerprint density at radius 3 is 2.81 bits per heavy atom. The predicted molar refractivity (Wildman–Crippen MR) is 106 cm³/mol. The molecule has 26 heavy (non-hydrogen) atoms. The van der Waals surface area contributed by atoms with Crippen LogP contribution >= 0.6 is 0 Å². The van der Waals surface area contributed by atoms with E-state index in [1.807, 2.05) is 19.2 Å². The van der Waals surface area contributed by atoms with E-state index >= 15 is 0 Å². The SMILES string of the molecule is CCc1cc2c(cc1CCN(C)N)OCCN2Cc1cccc(OC)c1. The summed E-state index contributed by atoms with van der Waals surface area (Å²) in [4.78, 5) is 2.39. The van der Waals surface area contributed by atoms with Gasteiger partial charge in [0.2, 0.25) is 0 Å². The Hall–Kier alpha value is -2.24. The number of benzene rings is 2.